The summed E-state index contributed by atoms with van der Waals surface area (Å²) in [4.78, 5) is 49.4. The van der Waals surface area contributed by atoms with Crippen molar-refractivity contribution in [3.8, 4) is 0 Å². The molecule has 4 bridgehead atoms. The Labute approximate surface area is 192 Å². The maximum absolute atomic E-state index is 13.3. The van der Waals surface area contributed by atoms with Crippen LogP contribution in [-0.2, 0) is 28.0 Å². The van der Waals surface area contributed by atoms with Gasteiger partial charge in [-0.2, -0.15) is 0 Å². The Morgan fingerprint density at radius 3 is 2.48 bits per heavy atom. The molecule has 2 aromatic rings. The van der Waals surface area contributed by atoms with Crippen LogP contribution in [0.1, 0.15) is 57.7 Å². The number of nitrogens with zero attached hydrogens (tertiary/aromatic N) is 4. The molecule has 9 heteroatoms. The minimum absolute atomic E-state index is 0.00643. The van der Waals surface area contributed by atoms with E-state index in [2.05, 4.69) is 4.98 Å². The highest BCUT2D eigenvalue weighted by Crippen LogP contribution is 2.64. The van der Waals surface area contributed by atoms with Gasteiger partial charge >= 0.3 is 5.69 Å². The van der Waals surface area contributed by atoms with E-state index in [0.29, 0.717) is 50.4 Å². The van der Waals surface area contributed by atoms with Crippen LogP contribution in [0.2, 0.25) is 0 Å². The van der Waals surface area contributed by atoms with Gasteiger partial charge in [0, 0.05) is 38.0 Å². The minimum Gasteiger partial charge on any atom is -0.378 e. The van der Waals surface area contributed by atoms with E-state index in [1.165, 1.54) is 17.4 Å². The van der Waals surface area contributed by atoms with E-state index < -0.39 is 0 Å². The first kappa shape index (κ1) is 21.1. The van der Waals surface area contributed by atoms with Crippen LogP contribution in [0.15, 0.2) is 9.59 Å². The van der Waals surface area contributed by atoms with Crippen LogP contribution in [0, 0.1) is 17.8 Å². The zero-order valence-corrected chi connectivity index (χ0v) is 19.3. The third kappa shape index (κ3) is 3.30. The molecule has 0 aromatic carbocycles. The lowest BCUT2D eigenvalue weighted by molar-refractivity contribution is -0.135. The van der Waals surface area contributed by atoms with Crippen molar-refractivity contribution in [3.05, 3.63) is 26.7 Å². The van der Waals surface area contributed by atoms with Gasteiger partial charge < -0.3 is 14.6 Å². The van der Waals surface area contributed by atoms with Crippen molar-refractivity contribution in [2.45, 2.75) is 70.4 Å². The molecule has 1 amide bonds. The Bertz CT molecular complexity index is 1180. The van der Waals surface area contributed by atoms with Crippen molar-refractivity contribution < 1.29 is 9.53 Å². The highest BCUT2D eigenvalue weighted by Gasteiger charge is 2.57. The molecule has 5 fully saturated rings. The molecule has 3 heterocycles. The number of rotatable bonds is 6. The van der Waals surface area contributed by atoms with Crippen LogP contribution in [-0.4, -0.2) is 56.2 Å². The number of carbonyl (C=O) groups excluding carboxylic acids is 1. The highest BCUT2D eigenvalue weighted by atomic mass is 16.5. The van der Waals surface area contributed by atoms with Gasteiger partial charge in [-0.3, -0.25) is 18.7 Å². The van der Waals surface area contributed by atoms with Crippen molar-refractivity contribution >= 4 is 17.1 Å². The molecule has 2 unspecified atom stereocenters. The molecule has 4 saturated carbocycles. The Kier molecular flexibility index (Phi) is 5.01. The summed E-state index contributed by atoms with van der Waals surface area (Å²) in [5, 5.41) is 0. The number of aromatic amines is 1. The standard InChI is InChI=1S/C24H33N5O4/c1-2-4-29-21(31)19-20(28(23(29)32)5-3-18(30)27-6-8-33-9-7-27)26-22(25-19)24-12-15-10-16(13-24)17(11-15)14-24/h15-17H,2-14H2,1H3,(H,25,26). The molecule has 33 heavy (non-hydrogen) atoms. The quantitative estimate of drug-likeness (QED) is 0.713. The lowest BCUT2D eigenvalue weighted by Crippen LogP contribution is -2.43. The number of H-pyrrole nitrogens is 1. The normalized spacial score (nSPS) is 30.6. The van der Waals surface area contributed by atoms with E-state index in [4.69, 9.17) is 9.72 Å². The Hall–Kier alpha value is -2.42. The van der Waals surface area contributed by atoms with Gasteiger partial charge in [0.1, 0.15) is 11.3 Å². The molecule has 0 spiro atoms. The largest absolute Gasteiger partial charge is 0.378 e. The van der Waals surface area contributed by atoms with Crippen molar-refractivity contribution in [1.29, 1.82) is 0 Å². The van der Waals surface area contributed by atoms with Gasteiger partial charge in [-0.15, -0.1) is 0 Å². The molecule has 7 rings (SSSR count). The lowest BCUT2D eigenvalue weighted by atomic mass is 9.69. The monoisotopic (exact) mass is 455 g/mol. The molecule has 0 radical (unpaired) electrons. The highest BCUT2D eigenvalue weighted by molar-refractivity contribution is 5.76. The molecule has 178 valence electrons. The van der Waals surface area contributed by atoms with Crippen molar-refractivity contribution in [2.75, 3.05) is 26.3 Å². The molecule has 2 atom stereocenters. The average molecular weight is 456 g/mol. The fourth-order valence-electron chi connectivity index (χ4n) is 7.32. The van der Waals surface area contributed by atoms with Gasteiger partial charge in [-0.05, 0) is 56.3 Å². The summed E-state index contributed by atoms with van der Waals surface area (Å²) in [6.07, 6.45) is 6.97. The third-order valence-electron chi connectivity index (χ3n) is 8.65. The second-order valence-corrected chi connectivity index (χ2v) is 10.7. The summed E-state index contributed by atoms with van der Waals surface area (Å²) in [6.45, 7) is 4.79. The first-order chi connectivity index (χ1) is 16.0. The number of aryl methyl sites for hydroxylation is 1. The van der Waals surface area contributed by atoms with E-state index in [1.54, 1.807) is 9.47 Å². The van der Waals surface area contributed by atoms with Gasteiger partial charge in [-0.1, -0.05) is 6.92 Å². The van der Waals surface area contributed by atoms with Crippen molar-refractivity contribution in [1.82, 2.24) is 24.0 Å². The number of amides is 1. The predicted octanol–water partition coefficient (Wildman–Crippen LogP) is 1.62. The smallest absolute Gasteiger partial charge is 0.332 e. The molecule has 9 nitrogen and oxygen atoms in total. The average Bonchev–Trinajstić information content (AvgIpc) is 3.46. The lowest BCUT2D eigenvalue weighted by Gasteiger charge is -2.36. The first-order valence-corrected chi connectivity index (χ1v) is 12.6. The molecule has 5 aliphatic rings. The molecule has 4 aliphatic carbocycles. The SMILES string of the molecule is CCCn1c(=O)c2[nH]c(C34CC5CC(C3)C(C5)C4)nc2n(CCC(=O)N2CCOCC2)c1=O. The predicted molar refractivity (Wildman–Crippen MR) is 122 cm³/mol. The summed E-state index contributed by atoms with van der Waals surface area (Å²) in [6, 6.07) is 0. The number of imidazole rings is 1. The molecular formula is C24H33N5O4. The number of morpholine rings is 1. The summed E-state index contributed by atoms with van der Waals surface area (Å²) in [7, 11) is 0. The van der Waals surface area contributed by atoms with E-state index in [0.717, 1.165) is 42.8 Å². The van der Waals surface area contributed by atoms with Crippen LogP contribution in [0.25, 0.3) is 11.2 Å². The van der Waals surface area contributed by atoms with E-state index >= 15 is 0 Å². The Balaban J connectivity index is 1.38. The fraction of sp³-hybridized carbons (Fsp3) is 0.750. The van der Waals surface area contributed by atoms with Gasteiger partial charge in [0.05, 0.1) is 13.2 Å². The fourth-order valence-corrected chi connectivity index (χ4v) is 7.32. The van der Waals surface area contributed by atoms with E-state index in [-0.39, 0.29) is 35.5 Å². The molecule has 1 aliphatic heterocycles. The summed E-state index contributed by atoms with van der Waals surface area (Å²) < 4.78 is 8.19. The van der Waals surface area contributed by atoms with Crippen LogP contribution >= 0.6 is 0 Å². The van der Waals surface area contributed by atoms with Crippen LogP contribution in [0.5, 0.6) is 0 Å². The van der Waals surface area contributed by atoms with Crippen LogP contribution in [0.3, 0.4) is 0 Å². The number of ether oxygens (including phenoxy) is 1. The summed E-state index contributed by atoms with van der Waals surface area (Å²) >= 11 is 0. The topological polar surface area (TPSA) is 102 Å². The molecule has 1 N–H and O–H groups in total. The first-order valence-electron chi connectivity index (χ1n) is 12.6. The zero-order valence-electron chi connectivity index (χ0n) is 19.3. The molecular weight excluding hydrogens is 422 g/mol. The van der Waals surface area contributed by atoms with Crippen LogP contribution < -0.4 is 11.2 Å². The number of hydrogen-bond acceptors (Lipinski definition) is 5. The minimum atomic E-state index is -0.365. The van der Waals surface area contributed by atoms with E-state index in [9.17, 15) is 14.4 Å². The zero-order chi connectivity index (χ0) is 22.7. The van der Waals surface area contributed by atoms with Gasteiger partial charge in [0.2, 0.25) is 5.91 Å². The summed E-state index contributed by atoms with van der Waals surface area (Å²) in [5.41, 5.74) is 0.184. The number of nitrogens with one attached hydrogen (secondary N) is 1. The molecule has 1 saturated heterocycles. The van der Waals surface area contributed by atoms with E-state index in [1.807, 2.05) is 6.92 Å². The van der Waals surface area contributed by atoms with Gasteiger partial charge in [0.15, 0.2) is 5.65 Å². The number of hydrogen-bond donors (Lipinski definition) is 1. The summed E-state index contributed by atoms with van der Waals surface area (Å²) in [5.74, 6) is 3.21. The number of carbonyl (C=O) groups is 1. The maximum atomic E-state index is 13.3. The van der Waals surface area contributed by atoms with Gasteiger partial charge in [-0.25, -0.2) is 9.78 Å². The Morgan fingerprint density at radius 1 is 1.09 bits per heavy atom. The maximum Gasteiger partial charge on any atom is 0.332 e. The second-order valence-electron chi connectivity index (χ2n) is 10.7. The van der Waals surface area contributed by atoms with Crippen molar-refractivity contribution in [2.24, 2.45) is 17.8 Å². The Morgan fingerprint density at radius 2 is 1.82 bits per heavy atom. The number of fused-ring (bicyclic) bond motifs is 1. The molecule has 2 aromatic heterocycles. The third-order valence-corrected chi connectivity index (χ3v) is 8.65. The number of aromatic nitrogens is 4. The van der Waals surface area contributed by atoms with Crippen LogP contribution in [0.4, 0.5) is 0 Å². The van der Waals surface area contributed by atoms with Gasteiger partial charge in [0.25, 0.3) is 5.56 Å². The second kappa shape index (κ2) is 7.82. The van der Waals surface area contributed by atoms with Crippen molar-refractivity contribution in [3.63, 3.8) is 0 Å².